The summed E-state index contributed by atoms with van der Waals surface area (Å²) in [5.41, 5.74) is 0.674. The molecule has 0 aliphatic rings. The molecule has 15 heavy (non-hydrogen) atoms. The van der Waals surface area contributed by atoms with Gasteiger partial charge < -0.3 is 10.2 Å². The minimum Gasteiger partial charge on any atom is -0.504 e. The first-order valence-corrected chi connectivity index (χ1v) is 4.43. The predicted octanol–water partition coefficient (Wildman–Crippen LogP) is 1.51. The van der Waals surface area contributed by atoms with E-state index in [-0.39, 0.29) is 16.5 Å². The highest BCUT2D eigenvalue weighted by Crippen LogP contribution is 2.25. The van der Waals surface area contributed by atoms with Gasteiger partial charge in [-0.25, -0.2) is 0 Å². The molecular weight excluding hydrogens is 212 g/mol. The summed E-state index contributed by atoms with van der Waals surface area (Å²) in [5, 5.41) is 28.8. The number of nitrogens with zero attached hydrogens (tertiary/aromatic N) is 1. The van der Waals surface area contributed by atoms with E-state index in [0.29, 0.717) is 5.56 Å². The van der Waals surface area contributed by atoms with E-state index in [1.165, 1.54) is 18.2 Å². The Morgan fingerprint density at radius 2 is 2.13 bits per heavy atom. The minimum absolute atomic E-state index is 0.176. The van der Waals surface area contributed by atoms with Crippen LogP contribution in [-0.4, -0.2) is 15.2 Å². The molecule has 0 amide bonds. The highest BCUT2D eigenvalue weighted by atomic mass is 32.1. The van der Waals surface area contributed by atoms with Gasteiger partial charge in [0.15, 0.2) is 17.7 Å². The molecule has 0 saturated heterocycles. The van der Waals surface area contributed by atoms with Crippen LogP contribution in [0.4, 0.5) is 0 Å². The van der Waals surface area contributed by atoms with Crippen molar-refractivity contribution in [1.82, 2.24) is 5.32 Å². The third-order valence-electron chi connectivity index (χ3n) is 1.61. The first-order chi connectivity index (χ1) is 7.13. The topological polar surface area (TPSA) is 76.3 Å². The Hall–Kier alpha value is -2.06. The minimum atomic E-state index is -0.198. The van der Waals surface area contributed by atoms with Crippen LogP contribution < -0.4 is 5.32 Å². The maximum Gasteiger partial charge on any atom is 0.182 e. The monoisotopic (exact) mass is 220 g/mol. The zero-order chi connectivity index (χ0) is 11.3. The molecule has 0 saturated carbocycles. The van der Waals surface area contributed by atoms with Crippen LogP contribution in [0.25, 0.3) is 6.08 Å². The van der Waals surface area contributed by atoms with Crippen molar-refractivity contribution < 1.29 is 10.2 Å². The van der Waals surface area contributed by atoms with Gasteiger partial charge in [-0.3, -0.25) is 5.32 Å². The van der Waals surface area contributed by atoms with Crippen LogP contribution >= 0.6 is 12.2 Å². The van der Waals surface area contributed by atoms with E-state index in [1.807, 2.05) is 0 Å². The number of hydrogen-bond acceptors (Lipinski definition) is 4. The fourth-order valence-electron chi connectivity index (χ4n) is 0.913. The van der Waals surface area contributed by atoms with Crippen molar-refractivity contribution in [3.8, 4) is 17.7 Å². The lowest BCUT2D eigenvalue weighted by Gasteiger charge is -1.98. The second kappa shape index (κ2) is 4.98. The maximum atomic E-state index is 9.18. The Balaban J connectivity index is 2.78. The number of thiocarbonyl (C=S) groups is 1. The molecule has 0 aliphatic carbocycles. The molecule has 0 spiro atoms. The second-order valence-electron chi connectivity index (χ2n) is 2.68. The van der Waals surface area contributed by atoms with E-state index >= 15 is 0 Å². The summed E-state index contributed by atoms with van der Waals surface area (Å²) >= 11 is 4.78. The highest BCUT2D eigenvalue weighted by Gasteiger charge is 1.97. The van der Waals surface area contributed by atoms with Crippen LogP contribution in [0, 0.1) is 11.5 Å². The van der Waals surface area contributed by atoms with E-state index in [1.54, 1.807) is 18.3 Å². The van der Waals surface area contributed by atoms with Crippen molar-refractivity contribution in [2.24, 2.45) is 0 Å². The zero-order valence-electron chi connectivity index (χ0n) is 7.64. The average molecular weight is 220 g/mol. The van der Waals surface area contributed by atoms with Gasteiger partial charge in [0.05, 0.1) is 0 Å². The van der Waals surface area contributed by atoms with Crippen molar-refractivity contribution in [3.05, 3.63) is 29.8 Å². The molecule has 4 nitrogen and oxygen atoms in total. The van der Waals surface area contributed by atoms with Crippen LogP contribution in [0.3, 0.4) is 0 Å². The van der Waals surface area contributed by atoms with Crippen LogP contribution in [0.15, 0.2) is 24.3 Å². The van der Waals surface area contributed by atoms with Gasteiger partial charge in [-0.05, 0) is 23.8 Å². The van der Waals surface area contributed by atoms with Crippen molar-refractivity contribution in [2.45, 2.75) is 0 Å². The quantitative estimate of drug-likeness (QED) is 0.231. The molecule has 0 fully saturated rings. The van der Waals surface area contributed by atoms with Crippen molar-refractivity contribution in [1.29, 1.82) is 5.26 Å². The van der Waals surface area contributed by atoms with Gasteiger partial charge in [0, 0.05) is 0 Å². The van der Waals surface area contributed by atoms with Gasteiger partial charge >= 0.3 is 0 Å². The molecule has 0 radical (unpaired) electrons. The number of nitriles is 1. The number of hydrogen-bond donors (Lipinski definition) is 3. The van der Waals surface area contributed by atoms with Crippen LogP contribution in [0.5, 0.6) is 11.5 Å². The Kier molecular flexibility index (Phi) is 3.66. The predicted molar refractivity (Wildman–Crippen MR) is 60.2 cm³/mol. The van der Waals surface area contributed by atoms with Crippen LogP contribution in [0.2, 0.25) is 0 Å². The third-order valence-corrected chi connectivity index (χ3v) is 1.84. The molecule has 0 unspecified atom stereocenters. The summed E-state index contributed by atoms with van der Waals surface area (Å²) in [6.07, 6.45) is 4.83. The lowest BCUT2D eigenvalue weighted by molar-refractivity contribution is 0.403. The average Bonchev–Trinajstić information content (AvgIpc) is 2.20. The smallest absolute Gasteiger partial charge is 0.182 e. The fourth-order valence-corrected chi connectivity index (χ4v) is 1.03. The third kappa shape index (κ3) is 3.29. The van der Waals surface area contributed by atoms with Gasteiger partial charge in [-0.15, -0.1) is 0 Å². The summed E-state index contributed by atoms with van der Waals surface area (Å²) in [5.74, 6) is -0.374. The molecule has 1 aromatic carbocycles. The van der Waals surface area contributed by atoms with E-state index in [0.717, 1.165) is 0 Å². The SMILES string of the molecule is N#CNC(=S)C=Cc1ccc(O)c(O)c1. The number of benzene rings is 1. The van der Waals surface area contributed by atoms with Gasteiger partial charge in [0.25, 0.3) is 0 Å². The first kappa shape index (κ1) is 11.0. The van der Waals surface area contributed by atoms with Crippen molar-refractivity contribution >= 4 is 23.3 Å². The summed E-state index contributed by atoms with van der Waals surface area (Å²) in [6.45, 7) is 0. The molecule has 1 rings (SSSR count). The van der Waals surface area contributed by atoms with Gasteiger partial charge in [0.1, 0.15) is 4.99 Å². The number of nitrogens with one attached hydrogen (secondary N) is 1. The Bertz CT molecular complexity index is 449. The molecule has 0 atom stereocenters. The molecule has 0 aromatic heterocycles. The van der Waals surface area contributed by atoms with E-state index < -0.39 is 0 Å². The summed E-state index contributed by atoms with van der Waals surface area (Å²) in [4.78, 5) is 0.282. The zero-order valence-corrected chi connectivity index (χ0v) is 8.45. The van der Waals surface area contributed by atoms with E-state index in [9.17, 15) is 5.11 Å². The number of phenols is 2. The number of aromatic hydroxyl groups is 2. The Morgan fingerprint density at radius 1 is 1.40 bits per heavy atom. The summed E-state index contributed by atoms with van der Waals surface area (Å²) < 4.78 is 0. The largest absolute Gasteiger partial charge is 0.504 e. The van der Waals surface area contributed by atoms with E-state index in [4.69, 9.17) is 22.6 Å². The second-order valence-corrected chi connectivity index (χ2v) is 3.12. The molecule has 76 valence electrons. The van der Waals surface area contributed by atoms with Gasteiger partial charge in [-0.1, -0.05) is 24.4 Å². The normalized spacial score (nSPS) is 9.80. The van der Waals surface area contributed by atoms with Gasteiger partial charge in [-0.2, -0.15) is 5.26 Å². The van der Waals surface area contributed by atoms with Crippen LogP contribution in [0.1, 0.15) is 5.56 Å². The molecule has 0 bridgehead atoms. The Morgan fingerprint density at radius 3 is 2.73 bits per heavy atom. The summed E-state index contributed by atoms with van der Waals surface area (Å²) in [7, 11) is 0. The molecule has 5 heteroatoms. The summed E-state index contributed by atoms with van der Waals surface area (Å²) in [6, 6.07) is 4.37. The number of rotatable bonds is 2. The maximum absolute atomic E-state index is 9.18. The lowest BCUT2D eigenvalue weighted by Crippen LogP contribution is -2.10. The highest BCUT2D eigenvalue weighted by molar-refractivity contribution is 7.80. The molecule has 3 N–H and O–H groups in total. The molecule has 0 aliphatic heterocycles. The van der Waals surface area contributed by atoms with Crippen molar-refractivity contribution in [3.63, 3.8) is 0 Å². The van der Waals surface area contributed by atoms with Crippen molar-refractivity contribution in [2.75, 3.05) is 0 Å². The van der Waals surface area contributed by atoms with Crippen LogP contribution in [-0.2, 0) is 0 Å². The molecular formula is C10H8N2O2S. The molecule has 0 heterocycles. The fraction of sp³-hybridized carbons (Fsp3) is 0. The van der Waals surface area contributed by atoms with Gasteiger partial charge in [0.2, 0.25) is 0 Å². The lowest BCUT2D eigenvalue weighted by atomic mass is 10.2. The number of phenolic OH excluding ortho intramolecular Hbond substituents is 2. The Labute approximate surface area is 92.1 Å². The standard InChI is InChI=1S/C10H8N2O2S/c11-6-12-10(15)4-2-7-1-3-8(13)9(14)5-7/h1-5,13-14H,(H,12,15). The van der Waals surface area contributed by atoms with E-state index in [2.05, 4.69) is 5.32 Å². The molecule has 1 aromatic rings. The first-order valence-electron chi connectivity index (χ1n) is 4.02.